The Balaban J connectivity index is 1.54. The minimum Gasteiger partial charge on any atom is -0.379 e. The summed E-state index contributed by atoms with van der Waals surface area (Å²) in [5.41, 5.74) is 1.77. The standard InChI is InChI=1S/C19H27N3O3S/c1-15-3-4-16(26-2)13-17(15)19(24)22-7-5-21(6-8-22)18(23)14-20-9-11-25-12-10-20/h3-4,13H,5-12,14H2,1-2H3. The number of carbonyl (C=O) groups excluding carboxylic acids is 2. The van der Waals surface area contributed by atoms with Crippen molar-refractivity contribution in [1.82, 2.24) is 14.7 Å². The van der Waals surface area contributed by atoms with E-state index in [4.69, 9.17) is 4.74 Å². The molecule has 6 nitrogen and oxygen atoms in total. The molecule has 0 aliphatic carbocycles. The van der Waals surface area contributed by atoms with Crippen molar-refractivity contribution in [3.63, 3.8) is 0 Å². The van der Waals surface area contributed by atoms with Crippen LogP contribution in [-0.2, 0) is 9.53 Å². The lowest BCUT2D eigenvalue weighted by atomic mass is 10.1. The fourth-order valence-electron chi connectivity index (χ4n) is 3.34. The van der Waals surface area contributed by atoms with Gasteiger partial charge in [-0.25, -0.2) is 0 Å². The summed E-state index contributed by atoms with van der Waals surface area (Å²) in [5.74, 6) is 0.221. The summed E-state index contributed by atoms with van der Waals surface area (Å²) in [5, 5.41) is 0. The number of rotatable bonds is 4. The van der Waals surface area contributed by atoms with Gasteiger partial charge < -0.3 is 14.5 Å². The number of hydrogen-bond donors (Lipinski definition) is 0. The Labute approximate surface area is 159 Å². The molecule has 3 rings (SSSR count). The first-order valence-corrected chi connectivity index (χ1v) is 10.3. The molecule has 7 heteroatoms. The van der Waals surface area contributed by atoms with E-state index in [1.54, 1.807) is 11.8 Å². The minimum absolute atomic E-state index is 0.0682. The van der Waals surface area contributed by atoms with Crippen molar-refractivity contribution in [2.24, 2.45) is 0 Å². The number of aryl methyl sites for hydroxylation is 1. The van der Waals surface area contributed by atoms with Gasteiger partial charge in [-0.05, 0) is 30.9 Å². The number of carbonyl (C=O) groups is 2. The second-order valence-electron chi connectivity index (χ2n) is 6.74. The Morgan fingerprint density at radius 3 is 2.35 bits per heavy atom. The first-order chi connectivity index (χ1) is 12.6. The van der Waals surface area contributed by atoms with Gasteiger partial charge in [0.1, 0.15) is 0 Å². The molecule has 0 spiro atoms. The number of thioether (sulfide) groups is 1. The predicted molar refractivity (Wildman–Crippen MR) is 103 cm³/mol. The molecule has 0 atom stereocenters. The smallest absolute Gasteiger partial charge is 0.254 e. The topological polar surface area (TPSA) is 53.1 Å². The first kappa shape index (κ1) is 19.2. The van der Waals surface area contributed by atoms with Crippen molar-refractivity contribution < 1.29 is 14.3 Å². The molecule has 0 unspecified atom stereocenters. The highest BCUT2D eigenvalue weighted by molar-refractivity contribution is 7.98. The van der Waals surface area contributed by atoms with Gasteiger partial charge in [-0.15, -0.1) is 11.8 Å². The van der Waals surface area contributed by atoms with Crippen molar-refractivity contribution >= 4 is 23.6 Å². The molecule has 1 aromatic carbocycles. The summed E-state index contributed by atoms with van der Waals surface area (Å²) in [4.78, 5) is 32.3. The van der Waals surface area contributed by atoms with Gasteiger partial charge in [0.05, 0.1) is 19.8 Å². The molecule has 0 N–H and O–H groups in total. The maximum absolute atomic E-state index is 12.9. The molecule has 0 bridgehead atoms. The van der Waals surface area contributed by atoms with Gasteiger partial charge in [-0.1, -0.05) is 6.07 Å². The van der Waals surface area contributed by atoms with Crippen molar-refractivity contribution in [3.8, 4) is 0 Å². The second kappa shape index (κ2) is 8.88. The number of piperazine rings is 1. The third-order valence-electron chi connectivity index (χ3n) is 5.06. The maximum atomic E-state index is 12.9. The van der Waals surface area contributed by atoms with Crippen LogP contribution < -0.4 is 0 Å². The lowest BCUT2D eigenvalue weighted by Crippen LogP contribution is -2.53. The molecule has 0 saturated carbocycles. The van der Waals surface area contributed by atoms with E-state index in [2.05, 4.69) is 4.90 Å². The molecule has 26 heavy (non-hydrogen) atoms. The van der Waals surface area contributed by atoms with Crippen LogP contribution in [0.5, 0.6) is 0 Å². The van der Waals surface area contributed by atoms with E-state index in [0.717, 1.165) is 29.1 Å². The molecular formula is C19H27N3O3S. The van der Waals surface area contributed by atoms with E-state index in [1.807, 2.05) is 41.2 Å². The quantitative estimate of drug-likeness (QED) is 0.741. The van der Waals surface area contributed by atoms with Crippen molar-refractivity contribution in [1.29, 1.82) is 0 Å². The average molecular weight is 378 g/mol. The summed E-state index contributed by atoms with van der Waals surface area (Å²) >= 11 is 1.64. The number of hydrogen-bond acceptors (Lipinski definition) is 5. The van der Waals surface area contributed by atoms with Gasteiger partial charge in [0.15, 0.2) is 0 Å². The lowest BCUT2D eigenvalue weighted by molar-refractivity contribution is -0.134. The highest BCUT2D eigenvalue weighted by Gasteiger charge is 2.26. The zero-order valence-corrected chi connectivity index (χ0v) is 16.4. The molecule has 2 aliphatic heterocycles. The van der Waals surface area contributed by atoms with Crippen molar-refractivity contribution in [2.75, 3.05) is 65.3 Å². The Morgan fingerprint density at radius 1 is 1.04 bits per heavy atom. The third kappa shape index (κ3) is 4.58. The number of ether oxygens (including phenoxy) is 1. The monoisotopic (exact) mass is 377 g/mol. The van der Waals surface area contributed by atoms with Gasteiger partial charge >= 0.3 is 0 Å². The van der Waals surface area contributed by atoms with Crippen LogP contribution in [0, 0.1) is 6.92 Å². The van der Waals surface area contributed by atoms with Gasteiger partial charge in [-0.3, -0.25) is 14.5 Å². The molecule has 2 saturated heterocycles. The lowest BCUT2D eigenvalue weighted by Gasteiger charge is -2.36. The fraction of sp³-hybridized carbons (Fsp3) is 0.579. The Bertz CT molecular complexity index is 653. The Morgan fingerprint density at radius 2 is 1.69 bits per heavy atom. The van der Waals surface area contributed by atoms with E-state index in [1.165, 1.54) is 0 Å². The summed E-state index contributed by atoms with van der Waals surface area (Å²) in [6.07, 6.45) is 2.01. The van der Waals surface area contributed by atoms with Crippen LogP contribution in [0.2, 0.25) is 0 Å². The molecule has 0 aromatic heterocycles. The summed E-state index contributed by atoms with van der Waals surface area (Å²) in [6.45, 7) is 7.85. The maximum Gasteiger partial charge on any atom is 0.254 e. The molecule has 0 radical (unpaired) electrons. The van der Waals surface area contributed by atoms with Gasteiger partial charge in [0, 0.05) is 49.7 Å². The molecule has 142 valence electrons. The third-order valence-corrected chi connectivity index (χ3v) is 5.78. The van der Waals surface area contributed by atoms with Crippen LogP contribution in [0.15, 0.2) is 23.1 Å². The largest absolute Gasteiger partial charge is 0.379 e. The predicted octanol–water partition coefficient (Wildman–Crippen LogP) is 1.33. The minimum atomic E-state index is 0.0682. The zero-order chi connectivity index (χ0) is 18.5. The molecule has 2 amide bonds. The molecule has 1 aromatic rings. The SMILES string of the molecule is CSc1ccc(C)c(C(=O)N2CCN(C(=O)CN3CCOCC3)CC2)c1. The van der Waals surface area contributed by atoms with Gasteiger partial charge in [0.25, 0.3) is 5.91 Å². The van der Waals surface area contributed by atoms with Crippen LogP contribution in [0.1, 0.15) is 15.9 Å². The van der Waals surface area contributed by atoms with Crippen LogP contribution in [-0.4, -0.2) is 91.8 Å². The fourth-order valence-corrected chi connectivity index (χ4v) is 3.78. The van der Waals surface area contributed by atoms with E-state index >= 15 is 0 Å². The first-order valence-electron chi connectivity index (χ1n) is 9.10. The molecule has 2 fully saturated rings. The van der Waals surface area contributed by atoms with Crippen LogP contribution in [0.3, 0.4) is 0 Å². The van der Waals surface area contributed by atoms with Crippen molar-refractivity contribution in [2.45, 2.75) is 11.8 Å². The van der Waals surface area contributed by atoms with E-state index in [0.29, 0.717) is 45.9 Å². The number of benzene rings is 1. The van der Waals surface area contributed by atoms with Crippen molar-refractivity contribution in [3.05, 3.63) is 29.3 Å². The Kier molecular flexibility index (Phi) is 6.56. The average Bonchev–Trinajstić information content (AvgIpc) is 2.69. The molecule has 2 heterocycles. The molecular weight excluding hydrogens is 350 g/mol. The summed E-state index contributed by atoms with van der Waals surface area (Å²) < 4.78 is 5.32. The van der Waals surface area contributed by atoms with Crippen LogP contribution >= 0.6 is 11.8 Å². The van der Waals surface area contributed by atoms with Gasteiger partial charge in [-0.2, -0.15) is 0 Å². The highest BCUT2D eigenvalue weighted by atomic mass is 32.2. The molecule has 2 aliphatic rings. The van der Waals surface area contributed by atoms with Gasteiger partial charge in [0.2, 0.25) is 5.91 Å². The van der Waals surface area contributed by atoms with E-state index in [9.17, 15) is 9.59 Å². The van der Waals surface area contributed by atoms with E-state index in [-0.39, 0.29) is 11.8 Å². The highest BCUT2D eigenvalue weighted by Crippen LogP contribution is 2.21. The zero-order valence-electron chi connectivity index (χ0n) is 15.6. The van der Waals surface area contributed by atoms with E-state index < -0.39 is 0 Å². The Hall–Kier alpha value is -1.57. The summed E-state index contributed by atoms with van der Waals surface area (Å²) in [6, 6.07) is 6.01. The second-order valence-corrected chi connectivity index (χ2v) is 7.62. The number of morpholine rings is 1. The number of nitrogens with zero attached hydrogens (tertiary/aromatic N) is 3. The van der Waals surface area contributed by atoms with Crippen LogP contribution in [0.25, 0.3) is 0 Å². The summed E-state index contributed by atoms with van der Waals surface area (Å²) in [7, 11) is 0. The number of amides is 2. The van der Waals surface area contributed by atoms with Crippen LogP contribution in [0.4, 0.5) is 0 Å². The normalized spacial score (nSPS) is 18.8.